The van der Waals surface area contributed by atoms with Gasteiger partial charge in [-0.2, -0.15) is 0 Å². The Morgan fingerprint density at radius 2 is 1.85 bits per heavy atom. The SMILES string of the molecule is CC1CCC(C(O)C2CCCC2)O1. The zero-order valence-electron chi connectivity index (χ0n) is 8.41. The summed E-state index contributed by atoms with van der Waals surface area (Å²) in [5.41, 5.74) is 0. The van der Waals surface area contributed by atoms with Crippen molar-refractivity contribution in [3.63, 3.8) is 0 Å². The van der Waals surface area contributed by atoms with Gasteiger partial charge in [0.05, 0.1) is 18.3 Å². The monoisotopic (exact) mass is 184 g/mol. The summed E-state index contributed by atoms with van der Waals surface area (Å²) in [6.07, 6.45) is 7.48. The normalized spacial score (nSPS) is 38.3. The van der Waals surface area contributed by atoms with Gasteiger partial charge in [-0.25, -0.2) is 0 Å². The van der Waals surface area contributed by atoms with Crippen molar-refractivity contribution in [3.05, 3.63) is 0 Å². The molecule has 13 heavy (non-hydrogen) atoms. The fraction of sp³-hybridized carbons (Fsp3) is 1.00. The molecule has 1 heterocycles. The number of aliphatic hydroxyl groups is 1. The van der Waals surface area contributed by atoms with Crippen LogP contribution in [0.1, 0.15) is 45.4 Å². The highest BCUT2D eigenvalue weighted by molar-refractivity contribution is 4.84. The van der Waals surface area contributed by atoms with Crippen LogP contribution >= 0.6 is 0 Å². The van der Waals surface area contributed by atoms with E-state index in [1.807, 2.05) is 0 Å². The molecule has 2 nitrogen and oxygen atoms in total. The standard InChI is InChI=1S/C11H20O2/c1-8-6-7-10(13-8)11(12)9-4-2-3-5-9/h8-12H,2-7H2,1H3. The first-order valence-electron chi connectivity index (χ1n) is 5.61. The summed E-state index contributed by atoms with van der Waals surface area (Å²) in [6, 6.07) is 0. The molecule has 2 heteroatoms. The van der Waals surface area contributed by atoms with E-state index in [9.17, 15) is 5.11 Å². The Hall–Kier alpha value is -0.0800. The van der Waals surface area contributed by atoms with Crippen molar-refractivity contribution in [2.45, 2.75) is 63.8 Å². The van der Waals surface area contributed by atoms with Gasteiger partial charge in [-0.1, -0.05) is 12.8 Å². The second-order valence-corrected chi connectivity index (χ2v) is 4.60. The number of ether oxygens (including phenoxy) is 1. The maximum absolute atomic E-state index is 10.0. The molecule has 0 aromatic rings. The van der Waals surface area contributed by atoms with E-state index in [1.54, 1.807) is 0 Å². The molecule has 2 aliphatic rings. The number of hydrogen-bond acceptors (Lipinski definition) is 2. The molecule has 0 aromatic carbocycles. The summed E-state index contributed by atoms with van der Waals surface area (Å²) >= 11 is 0. The maximum Gasteiger partial charge on any atom is 0.0841 e. The Bertz CT molecular complexity index is 163. The molecule has 1 saturated heterocycles. The van der Waals surface area contributed by atoms with Gasteiger partial charge in [-0.05, 0) is 38.5 Å². The van der Waals surface area contributed by atoms with Gasteiger partial charge in [0.25, 0.3) is 0 Å². The number of rotatable bonds is 2. The third-order valence-corrected chi connectivity index (χ3v) is 3.53. The molecule has 1 N–H and O–H groups in total. The minimum atomic E-state index is -0.188. The quantitative estimate of drug-likeness (QED) is 0.712. The van der Waals surface area contributed by atoms with Crippen LogP contribution in [0, 0.1) is 5.92 Å². The molecule has 0 aromatic heterocycles. The third-order valence-electron chi connectivity index (χ3n) is 3.53. The van der Waals surface area contributed by atoms with Crippen LogP contribution < -0.4 is 0 Å². The molecule has 1 aliphatic carbocycles. The number of hydrogen-bond donors (Lipinski definition) is 1. The van der Waals surface area contributed by atoms with Gasteiger partial charge in [0.1, 0.15) is 0 Å². The van der Waals surface area contributed by atoms with Crippen LogP contribution in [0.4, 0.5) is 0 Å². The Morgan fingerprint density at radius 1 is 1.15 bits per heavy atom. The van der Waals surface area contributed by atoms with Crippen molar-refractivity contribution >= 4 is 0 Å². The Labute approximate surface area is 80.3 Å². The van der Waals surface area contributed by atoms with Crippen LogP contribution in [0.25, 0.3) is 0 Å². The highest BCUT2D eigenvalue weighted by Crippen LogP contribution is 2.33. The van der Waals surface area contributed by atoms with E-state index in [4.69, 9.17) is 4.74 Å². The van der Waals surface area contributed by atoms with Gasteiger partial charge in [-0.15, -0.1) is 0 Å². The van der Waals surface area contributed by atoms with E-state index in [1.165, 1.54) is 25.7 Å². The lowest BCUT2D eigenvalue weighted by Crippen LogP contribution is -2.32. The minimum Gasteiger partial charge on any atom is -0.390 e. The third kappa shape index (κ3) is 2.05. The van der Waals surface area contributed by atoms with E-state index in [0.29, 0.717) is 12.0 Å². The highest BCUT2D eigenvalue weighted by Gasteiger charge is 2.34. The van der Waals surface area contributed by atoms with Crippen molar-refractivity contribution < 1.29 is 9.84 Å². The fourth-order valence-corrected chi connectivity index (χ4v) is 2.69. The van der Waals surface area contributed by atoms with E-state index in [-0.39, 0.29) is 12.2 Å². The molecule has 0 amide bonds. The van der Waals surface area contributed by atoms with Crippen molar-refractivity contribution in [2.75, 3.05) is 0 Å². The molecule has 1 saturated carbocycles. The fourth-order valence-electron chi connectivity index (χ4n) is 2.69. The van der Waals surface area contributed by atoms with Crippen LogP contribution in [-0.4, -0.2) is 23.4 Å². The molecule has 2 fully saturated rings. The van der Waals surface area contributed by atoms with Gasteiger partial charge in [0, 0.05) is 0 Å². The molecular weight excluding hydrogens is 164 g/mol. The molecule has 0 radical (unpaired) electrons. The second-order valence-electron chi connectivity index (χ2n) is 4.60. The summed E-state index contributed by atoms with van der Waals surface area (Å²) in [4.78, 5) is 0. The van der Waals surface area contributed by atoms with Crippen LogP contribution in [0.5, 0.6) is 0 Å². The average molecular weight is 184 g/mol. The molecule has 0 spiro atoms. The Kier molecular flexibility index (Phi) is 2.89. The smallest absolute Gasteiger partial charge is 0.0841 e. The molecular formula is C11H20O2. The largest absolute Gasteiger partial charge is 0.390 e. The van der Waals surface area contributed by atoms with Crippen molar-refractivity contribution in [2.24, 2.45) is 5.92 Å². The van der Waals surface area contributed by atoms with Crippen LogP contribution in [0.3, 0.4) is 0 Å². The van der Waals surface area contributed by atoms with E-state index < -0.39 is 0 Å². The lowest BCUT2D eigenvalue weighted by atomic mass is 9.95. The second kappa shape index (κ2) is 3.97. The van der Waals surface area contributed by atoms with Crippen molar-refractivity contribution in [3.8, 4) is 0 Å². The van der Waals surface area contributed by atoms with Gasteiger partial charge >= 0.3 is 0 Å². The van der Waals surface area contributed by atoms with Gasteiger partial charge in [0.15, 0.2) is 0 Å². The topological polar surface area (TPSA) is 29.5 Å². The summed E-state index contributed by atoms with van der Waals surface area (Å²) in [5, 5.41) is 10.0. The first-order valence-corrected chi connectivity index (χ1v) is 5.61. The van der Waals surface area contributed by atoms with Gasteiger partial charge < -0.3 is 9.84 Å². The van der Waals surface area contributed by atoms with Gasteiger partial charge in [0.2, 0.25) is 0 Å². The zero-order valence-corrected chi connectivity index (χ0v) is 8.41. The average Bonchev–Trinajstić information content (AvgIpc) is 2.72. The Morgan fingerprint density at radius 3 is 2.38 bits per heavy atom. The van der Waals surface area contributed by atoms with E-state index >= 15 is 0 Å². The predicted octanol–water partition coefficient (Wildman–Crippen LogP) is 2.10. The van der Waals surface area contributed by atoms with Crippen LogP contribution in [-0.2, 0) is 4.74 Å². The highest BCUT2D eigenvalue weighted by atomic mass is 16.5. The zero-order chi connectivity index (χ0) is 9.26. The first-order chi connectivity index (χ1) is 6.27. The van der Waals surface area contributed by atoms with E-state index in [2.05, 4.69) is 6.92 Å². The number of aliphatic hydroxyl groups excluding tert-OH is 1. The summed E-state index contributed by atoms with van der Waals surface area (Å²) in [5.74, 6) is 0.523. The molecule has 0 bridgehead atoms. The van der Waals surface area contributed by atoms with E-state index in [0.717, 1.165) is 12.8 Å². The lowest BCUT2D eigenvalue weighted by molar-refractivity contribution is -0.0520. The lowest BCUT2D eigenvalue weighted by Gasteiger charge is -2.23. The predicted molar refractivity (Wildman–Crippen MR) is 51.5 cm³/mol. The minimum absolute atomic E-state index is 0.137. The Balaban J connectivity index is 1.85. The summed E-state index contributed by atoms with van der Waals surface area (Å²) in [7, 11) is 0. The molecule has 2 rings (SSSR count). The summed E-state index contributed by atoms with van der Waals surface area (Å²) < 4.78 is 5.69. The maximum atomic E-state index is 10.0. The molecule has 76 valence electrons. The van der Waals surface area contributed by atoms with Gasteiger partial charge in [-0.3, -0.25) is 0 Å². The van der Waals surface area contributed by atoms with Crippen molar-refractivity contribution in [1.82, 2.24) is 0 Å². The van der Waals surface area contributed by atoms with Crippen molar-refractivity contribution in [1.29, 1.82) is 0 Å². The van der Waals surface area contributed by atoms with Crippen LogP contribution in [0.2, 0.25) is 0 Å². The molecule has 1 aliphatic heterocycles. The summed E-state index contributed by atoms with van der Waals surface area (Å²) in [6.45, 7) is 2.10. The first kappa shape index (κ1) is 9.47. The van der Waals surface area contributed by atoms with Crippen LogP contribution in [0.15, 0.2) is 0 Å². The molecule has 3 unspecified atom stereocenters. The molecule has 3 atom stereocenters.